The molecule has 98 valence electrons. The third-order valence-corrected chi connectivity index (χ3v) is 3.08. The maximum atomic E-state index is 13.1. The van der Waals surface area contributed by atoms with E-state index in [1.54, 1.807) is 37.4 Å². The lowest BCUT2D eigenvalue weighted by Gasteiger charge is -2.11. The van der Waals surface area contributed by atoms with Gasteiger partial charge in [0.1, 0.15) is 5.52 Å². The van der Waals surface area contributed by atoms with Gasteiger partial charge in [-0.15, -0.1) is 0 Å². The van der Waals surface area contributed by atoms with Crippen LogP contribution in [0.3, 0.4) is 0 Å². The fraction of sp³-hybridized carbons (Fsp3) is 0.154. The second-order valence-corrected chi connectivity index (χ2v) is 4.13. The molecule has 3 nitrogen and oxygen atoms in total. The number of halogens is 3. The van der Waals surface area contributed by atoms with Crippen molar-refractivity contribution in [2.75, 3.05) is 12.5 Å². The van der Waals surface area contributed by atoms with Gasteiger partial charge < -0.3 is 5.43 Å². The van der Waals surface area contributed by atoms with Gasteiger partial charge in [0.25, 0.3) is 0 Å². The molecule has 0 spiro atoms. The van der Waals surface area contributed by atoms with Gasteiger partial charge in [0.05, 0.1) is 5.52 Å². The zero-order chi connectivity index (χ0) is 13.6. The van der Waals surface area contributed by atoms with E-state index in [2.05, 4.69) is 10.4 Å². The highest BCUT2D eigenvalue weighted by atomic mass is 19.4. The van der Waals surface area contributed by atoms with Crippen LogP contribution in [0.15, 0.2) is 36.5 Å². The number of hydrogen-bond donors (Lipinski definition) is 1. The highest BCUT2D eigenvalue weighted by Gasteiger charge is 2.36. The molecule has 6 heteroatoms. The molecule has 2 heterocycles. The first-order valence-corrected chi connectivity index (χ1v) is 5.67. The summed E-state index contributed by atoms with van der Waals surface area (Å²) in [5.74, 6) is 0. The summed E-state index contributed by atoms with van der Waals surface area (Å²) < 4.78 is 40.6. The lowest BCUT2D eigenvalue weighted by atomic mass is 10.1. The fourth-order valence-electron chi connectivity index (χ4n) is 2.35. The van der Waals surface area contributed by atoms with Gasteiger partial charge >= 0.3 is 6.18 Å². The molecule has 3 rings (SSSR count). The van der Waals surface area contributed by atoms with Crippen molar-refractivity contribution in [2.24, 2.45) is 0 Å². The Bertz CT molecular complexity index is 759. The summed E-state index contributed by atoms with van der Waals surface area (Å²) in [6.07, 6.45) is -3.29. The number of alkyl halides is 3. The Balaban J connectivity index is 2.56. The highest BCUT2D eigenvalue weighted by molar-refractivity contribution is 6.08. The first-order valence-electron chi connectivity index (χ1n) is 5.67. The minimum Gasteiger partial charge on any atom is -0.328 e. The van der Waals surface area contributed by atoms with Crippen LogP contribution < -0.4 is 5.43 Å². The third-order valence-electron chi connectivity index (χ3n) is 3.08. The molecule has 19 heavy (non-hydrogen) atoms. The van der Waals surface area contributed by atoms with Crippen LogP contribution in [0, 0.1) is 0 Å². The molecule has 0 radical (unpaired) electrons. The Kier molecular flexibility index (Phi) is 2.41. The highest BCUT2D eigenvalue weighted by Crippen LogP contribution is 2.36. The molecule has 0 saturated carbocycles. The summed E-state index contributed by atoms with van der Waals surface area (Å²) in [7, 11) is 1.58. The van der Waals surface area contributed by atoms with E-state index in [0.717, 1.165) is 5.39 Å². The second kappa shape index (κ2) is 3.88. The Morgan fingerprint density at radius 1 is 1.11 bits per heavy atom. The van der Waals surface area contributed by atoms with Crippen LogP contribution in [0.1, 0.15) is 5.69 Å². The average molecular weight is 265 g/mol. The molecule has 0 saturated heterocycles. The lowest BCUT2D eigenvalue weighted by Crippen LogP contribution is -2.14. The van der Waals surface area contributed by atoms with Crippen molar-refractivity contribution in [3.63, 3.8) is 0 Å². The van der Waals surface area contributed by atoms with Gasteiger partial charge in [-0.2, -0.15) is 13.2 Å². The second-order valence-electron chi connectivity index (χ2n) is 4.13. The van der Waals surface area contributed by atoms with Crippen molar-refractivity contribution in [1.29, 1.82) is 0 Å². The van der Waals surface area contributed by atoms with Crippen LogP contribution in [0.4, 0.5) is 13.2 Å². The molecule has 0 aliphatic carbocycles. The van der Waals surface area contributed by atoms with Crippen LogP contribution in [-0.2, 0) is 6.18 Å². The molecule has 0 atom stereocenters. The Labute approximate surface area is 106 Å². The molecule has 1 aromatic carbocycles. The molecule has 0 aliphatic rings. The molecule has 0 bridgehead atoms. The van der Waals surface area contributed by atoms with Crippen molar-refractivity contribution in [3.05, 3.63) is 42.2 Å². The van der Waals surface area contributed by atoms with Crippen molar-refractivity contribution in [3.8, 4) is 0 Å². The quantitative estimate of drug-likeness (QED) is 0.731. The van der Waals surface area contributed by atoms with Gasteiger partial charge in [-0.25, -0.2) is 4.98 Å². The lowest BCUT2D eigenvalue weighted by molar-refractivity contribution is -0.140. The number of rotatable bonds is 1. The van der Waals surface area contributed by atoms with E-state index in [9.17, 15) is 13.2 Å². The predicted octanol–water partition coefficient (Wildman–Crippen LogP) is 3.38. The number of hydrogen-bond acceptors (Lipinski definition) is 2. The topological polar surface area (TPSA) is 29.9 Å². The van der Waals surface area contributed by atoms with E-state index in [0.29, 0.717) is 10.9 Å². The van der Waals surface area contributed by atoms with E-state index >= 15 is 0 Å². The van der Waals surface area contributed by atoms with E-state index in [4.69, 9.17) is 0 Å². The fourth-order valence-corrected chi connectivity index (χ4v) is 2.35. The smallest absolute Gasteiger partial charge is 0.328 e. The first-order chi connectivity index (χ1) is 9.04. The average Bonchev–Trinajstić information content (AvgIpc) is 2.71. The summed E-state index contributed by atoms with van der Waals surface area (Å²) in [6, 6.07) is 8.75. The monoisotopic (exact) mass is 265 g/mol. The molecule has 2 aromatic heterocycles. The molecule has 1 N–H and O–H groups in total. The van der Waals surface area contributed by atoms with Gasteiger partial charge in [-0.05, 0) is 12.1 Å². The van der Waals surface area contributed by atoms with Gasteiger partial charge in [0.15, 0.2) is 5.69 Å². The number of nitrogens with zero attached hydrogens (tertiary/aromatic N) is 2. The van der Waals surface area contributed by atoms with E-state index in [1.165, 1.54) is 10.9 Å². The maximum Gasteiger partial charge on any atom is 0.435 e. The molecule has 0 amide bonds. The largest absolute Gasteiger partial charge is 0.435 e. The standard InChI is InChI=1S/C13H10F3N3/c1-17-19-10-5-3-2-4-8(10)9-6-7-18-12(11(9)19)13(14,15)16/h2-7,17H,1H3. The van der Waals surface area contributed by atoms with Gasteiger partial charge in [-0.1, -0.05) is 18.2 Å². The van der Waals surface area contributed by atoms with Gasteiger partial charge in [0.2, 0.25) is 0 Å². The number of para-hydroxylation sites is 1. The molecular formula is C13H10F3N3. The summed E-state index contributed by atoms with van der Waals surface area (Å²) in [5.41, 5.74) is 2.65. The summed E-state index contributed by atoms with van der Waals surface area (Å²) in [4.78, 5) is 3.50. The zero-order valence-corrected chi connectivity index (χ0v) is 9.99. The zero-order valence-electron chi connectivity index (χ0n) is 9.99. The Morgan fingerprint density at radius 2 is 1.84 bits per heavy atom. The maximum absolute atomic E-state index is 13.1. The molecular weight excluding hydrogens is 255 g/mol. The summed E-state index contributed by atoms with van der Waals surface area (Å²) >= 11 is 0. The Hall–Kier alpha value is -2.24. The van der Waals surface area contributed by atoms with Crippen LogP contribution >= 0.6 is 0 Å². The van der Waals surface area contributed by atoms with Gasteiger partial charge in [-0.3, -0.25) is 4.68 Å². The number of fused-ring (bicyclic) bond motifs is 3. The van der Waals surface area contributed by atoms with Crippen LogP contribution in [0.25, 0.3) is 21.8 Å². The van der Waals surface area contributed by atoms with Crippen LogP contribution in [0.2, 0.25) is 0 Å². The van der Waals surface area contributed by atoms with Crippen molar-refractivity contribution < 1.29 is 13.2 Å². The van der Waals surface area contributed by atoms with Gasteiger partial charge in [0, 0.05) is 24.0 Å². The van der Waals surface area contributed by atoms with E-state index < -0.39 is 11.9 Å². The number of aromatic nitrogens is 2. The molecule has 0 aliphatic heterocycles. The number of nitrogens with one attached hydrogen (secondary N) is 1. The van der Waals surface area contributed by atoms with Crippen LogP contribution in [0.5, 0.6) is 0 Å². The first kappa shape index (κ1) is 11.8. The molecule has 0 unspecified atom stereocenters. The minimum atomic E-state index is -4.48. The molecule has 3 aromatic rings. The van der Waals surface area contributed by atoms with E-state index in [1.807, 2.05) is 0 Å². The van der Waals surface area contributed by atoms with Crippen LogP contribution in [-0.4, -0.2) is 16.7 Å². The number of benzene rings is 1. The normalized spacial score (nSPS) is 12.2. The van der Waals surface area contributed by atoms with Crippen molar-refractivity contribution in [2.45, 2.75) is 6.18 Å². The van der Waals surface area contributed by atoms with Crippen molar-refractivity contribution >= 4 is 21.8 Å². The minimum absolute atomic E-state index is 0.0544. The summed E-state index contributed by atoms with van der Waals surface area (Å²) in [6.45, 7) is 0. The predicted molar refractivity (Wildman–Crippen MR) is 67.5 cm³/mol. The van der Waals surface area contributed by atoms with Crippen molar-refractivity contribution in [1.82, 2.24) is 9.66 Å². The summed E-state index contributed by atoms with van der Waals surface area (Å²) in [5, 5.41) is 1.30. The molecule has 0 fully saturated rings. The Morgan fingerprint density at radius 3 is 2.53 bits per heavy atom. The van der Waals surface area contributed by atoms with E-state index in [-0.39, 0.29) is 5.52 Å². The number of pyridine rings is 1. The SMILES string of the molecule is CNn1c2ccccc2c2ccnc(C(F)(F)F)c21. The third kappa shape index (κ3) is 1.63.